The summed E-state index contributed by atoms with van der Waals surface area (Å²) < 4.78 is 15.9. The molecule has 1 fully saturated rings. The Bertz CT molecular complexity index is 829. The predicted octanol–water partition coefficient (Wildman–Crippen LogP) is 3.72. The van der Waals surface area contributed by atoms with E-state index in [1.807, 2.05) is 26.1 Å². The highest BCUT2D eigenvalue weighted by Gasteiger charge is 2.20. The van der Waals surface area contributed by atoms with Crippen LogP contribution in [-0.2, 0) is 13.1 Å². The number of hydrogen-bond acceptors (Lipinski definition) is 3. The van der Waals surface area contributed by atoms with E-state index < -0.39 is 0 Å². The van der Waals surface area contributed by atoms with Gasteiger partial charge in [-0.25, -0.2) is 4.39 Å². The predicted molar refractivity (Wildman–Crippen MR) is 135 cm³/mol. The molecule has 1 saturated heterocycles. The lowest BCUT2D eigenvalue weighted by atomic mass is 9.96. The second-order valence-corrected chi connectivity index (χ2v) is 8.19. The molecule has 0 bridgehead atoms. The third-order valence-electron chi connectivity index (χ3n) is 5.78. The van der Waals surface area contributed by atoms with E-state index in [0.717, 1.165) is 69.2 Å². The summed E-state index contributed by atoms with van der Waals surface area (Å²) in [7, 11) is 1.81. The molecule has 8 heteroatoms. The van der Waals surface area contributed by atoms with E-state index in [1.165, 1.54) is 5.69 Å². The number of aliphatic imine (C=N–C) groups is 1. The van der Waals surface area contributed by atoms with Crippen molar-refractivity contribution >= 4 is 29.9 Å². The molecule has 1 aliphatic rings. The molecule has 0 aliphatic carbocycles. The summed E-state index contributed by atoms with van der Waals surface area (Å²) >= 11 is 0. The van der Waals surface area contributed by atoms with Crippen molar-refractivity contribution in [3.05, 3.63) is 53.1 Å². The van der Waals surface area contributed by atoms with Gasteiger partial charge in [-0.3, -0.25) is 14.6 Å². The molecule has 31 heavy (non-hydrogen) atoms. The molecule has 0 saturated carbocycles. The van der Waals surface area contributed by atoms with Gasteiger partial charge >= 0.3 is 0 Å². The fourth-order valence-corrected chi connectivity index (χ4v) is 4.01. The van der Waals surface area contributed by atoms with E-state index in [1.54, 1.807) is 12.1 Å². The summed E-state index contributed by atoms with van der Waals surface area (Å²) in [5.74, 6) is 1.38. The van der Waals surface area contributed by atoms with E-state index >= 15 is 0 Å². The van der Waals surface area contributed by atoms with Crippen molar-refractivity contribution in [1.29, 1.82) is 0 Å². The molecule has 6 nitrogen and oxygen atoms in total. The van der Waals surface area contributed by atoms with E-state index in [-0.39, 0.29) is 29.8 Å². The van der Waals surface area contributed by atoms with Gasteiger partial charge in [0, 0.05) is 44.5 Å². The Balaban J connectivity index is 0.00000341. The number of rotatable bonds is 8. The lowest BCUT2D eigenvalue weighted by Crippen LogP contribution is -2.43. The number of aryl methyl sites for hydroxylation is 3. The number of piperidine rings is 1. The lowest BCUT2D eigenvalue weighted by Gasteiger charge is -2.32. The molecule has 2 heterocycles. The SMILES string of the molecule is CN=C(NCCCn1nc(C)cc1C)NCC1CCN(Cc2ccccc2F)CC1.I. The van der Waals surface area contributed by atoms with E-state index in [9.17, 15) is 4.39 Å². The Morgan fingerprint density at radius 3 is 2.58 bits per heavy atom. The van der Waals surface area contributed by atoms with Gasteiger partial charge in [-0.1, -0.05) is 18.2 Å². The number of likely N-dealkylation sites (tertiary alicyclic amines) is 1. The fourth-order valence-electron chi connectivity index (χ4n) is 4.01. The molecule has 2 N–H and O–H groups in total. The molecule has 1 aliphatic heterocycles. The largest absolute Gasteiger partial charge is 0.356 e. The first-order valence-corrected chi connectivity index (χ1v) is 11.0. The summed E-state index contributed by atoms with van der Waals surface area (Å²) in [5.41, 5.74) is 3.06. The minimum atomic E-state index is -0.103. The van der Waals surface area contributed by atoms with E-state index in [4.69, 9.17) is 0 Å². The maximum atomic E-state index is 13.9. The first kappa shape index (κ1) is 25.6. The standard InChI is InChI=1S/C23H35FN6.HI/c1-18-15-19(2)30(28-18)12-6-11-26-23(25-3)27-16-20-9-13-29(14-10-20)17-21-7-4-5-8-22(21)24;/h4-5,7-8,15,20H,6,9-14,16-17H2,1-3H3,(H2,25,26,27);1H. The molecule has 1 aromatic carbocycles. The van der Waals surface area contributed by atoms with Crippen LogP contribution in [0, 0.1) is 25.6 Å². The number of aromatic nitrogens is 2. The highest BCUT2D eigenvalue weighted by molar-refractivity contribution is 14.0. The molecule has 0 atom stereocenters. The van der Waals surface area contributed by atoms with Gasteiger partial charge < -0.3 is 10.6 Å². The van der Waals surface area contributed by atoms with Crippen molar-refractivity contribution in [3.8, 4) is 0 Å². The number of hydrogen-bond donors (Lipinski definition) is 2. The van der Waals surface area contributed by atoms with Crippen LogP contribution in [-0.4, -0.2) is 53.9 Å². The van der Waals surface area contributed by atoms with Crippen molar-refractivity contribution < 1.29 is 4.39 Å². The van der Waals surface area contributed by atoms with Gasteiger partial charge in [-0.15, -0.1) is 24.0 Å². The normalized spacial score (nSPS) is 15.5. The highest BCUT2D eigenvalue weighted by atomic mass is 127. The molecule has 0 radical (unpaired) electrons. The quantitative estimate of drug-likeness (QED) is 0.231. The van der Waals surface area contributed by atoms with Crippen molar-refractivity contribution in [2.45, 2.75) is 46.2 Å². The zero-order valence-corrected chi connectivity index (χ0v) is 21.2. The maximum absolute atomic E-state index is 13.9. The van der Waals surface area contributed by atoms with Gasteiger partial charge in [0.05, 0.1) is 5.69 Å². The van der Waals surface area contributed by atoms with Gasteiger partial charge in [0.25, 0.3) is 0 Å². The second kappa shape index (κ2) is 13.0. The van der Waals surface area contributed by atoms with Gasteiger partial charge in [0.2, 0.25) is 0 Å². The molecule has 0 amide bonds. The number of benzene rings is 1. The monoisotopic (exact) mass is 542 g/mol. The second-order valence-electron chi connectivity index (χ2n) is 8.19. The van der Waals surface area contributed by atoms with Crippen molar-refractivity contribution in [2.24, 2.45) is 10.9 Å². The Hall–Kier alpha value is -1.68. The topological polar surface area (TPSA) is 57.5 Å². The van der Waals surface area contributed by atoms with Crippen LogP contribution in [0.1, 0.15) is 36.2 Å². The Morgan fingerprint density at radius 2 is 1.94 bits per heavy atom. The maximum Gasteiger partial charge on any atom is 0.190 e. The zero-order chi connectivity index (χ0) is 21.3. The number of halogens is 2. The Labute approximate surface area is 202 Å². The first-order valence-electron chi connectivity index (χ1n) is 11.0. The summed E-state index contributed by atoms with van der Waals surface area (Å²) in [6.07, 6.45) is 3.24. The lowest BCUT2D eigenvalue weighted by molar-refractivity contribution is 0.176. The minimum Gasteiger partial charge on any atom is -0.356 e. The third-order valence-corrected chi connectivity index (χ3v) is 5.78. The van der Waals surface area contributed by atoms with Crippen LogP contribution in [0.3, 0.4) is 0 Å². The van der Waals surface area contributed by atoms with Crippen LogP contribution in [0.25, 0.3) is 0 Å². The van der Waals surface area contributed by atoms with Crippen LogP contribution in [0.2, 0.25) is 0 Å². The number of nitrogens with one attached hydrogen (secondary N) is 2. The van der Waals surface area contributed by atoms with E-state index in [0.29, 0.717) is 12.5 Å². The average Bonchev–Trinajstić information content (AvgIpc) is 3.07. The molecular formula is C23H36FIN6. The minimum absolute atomic E-state index is 0. The molecule has 1 aromatic heterocycles. The van der Waals surface area contributed by atoms with Crippen molar-refractivity contribution in [2.75, 3.05) is 33.2 Å². The first-order chi connectivity index (χ1) is 14.5. The van der Waals surface area contributed by atoms with Crippen LogP contribution in [0.5, 0.6) is 0 Å². The summed E-state index contributed by atoms with van der Waals surface area (Å²) in [6, 6.07) is 9.19. The molecule has 2 aromatic rings. The number of guanidine groups is 1. The summed E-state index contributed by atoms with van der Waals surface area (Å²) in [4.78, 5) is 6.69. The molecular weight excluding hydrogens is 506 g/mol. The van der Waals surface area contributed by atoms with Crippen molar-refractivity contribution in [1.82, 2.24) is 25.3 Å². The van der Waals surface area contributed by atoms with Crippen LogP contribution in [0.4, 0.5) is 4.39 Å². The van der Waals surface area contributed by atoms with Gasteiger partial charge in [0.1, 0.15) is 5.82 Å². The molecule has 172 valence electrons. The van der Waals surface area contributed by atoms with Gasteiger partial charge in [-0.05, 0) is 64.3 Å². The molecule has 3 rings (SSSR count). The fraction of sp³-hybridized carbons (Fsp3) is 0.565. The zero-order valence-electron chi connectivity index (χ0n) is 18.9. The number of nitrogens with zero attached hydrogens (tertiary/aromatic N) is 4. The Kier molecular flexibility index (Phi) is 10.7. The molecule has 0 spiro atoms. The summed E-state index contributed by atoms with van der Waals surface area (Å²) in [6.45, 7) is 9.53. The van der Waals surface area contributed by atoms with Crippen molar-refractivity contribution in [3.63, 3.8) is 0 Å². The highest BCUT2D eigenvalue weighted by Crippen LogP contribution is 2.19. The van der Waals surface area contributed by atoms with Gasteiger partial charge in [0.15, 0.2) is 5.96 Å². The third kappa shape index (κ3) is 8.07. The Morgan fingerprint density at radius 1 is 1.19 bits per heavy atom. The van der Waals surface area contributed by atoms with Crippen LogP contribution >= 0.6 is 24.0 Å². The smallest absolute Gasteiger partial charge is 0.190 e. The van der Waals surface area contributed by atoms with E-state index in [2.05, 4.69) is 43.3 Å². The van der Waals surface area contributed by atoms with Crippen LogP contribution in [0.15, 0.2) is 35.3 Å². The average molecular weight is 542 g/mol. The molecule has 0 unspecified atom stereocenters. The van der Waals surface area contributed by atoms with Gasteiger partial charge in [-0.2, -0.15) is 5.10 Å². The summed E-state index contributed by atoms with van der Waals surface area (Å²) in [5, 5.41) is 11.4. The van der Waals surface area contributed by atoms with Crippen LogP contribution < -0.4 is 10.6 Å².